The first-order valence-corrected chi connectivity index (χ1v) is 6.10. The highest BCUT2D eigenvalue weighted by atomic mass is 16.2. The third-order valence-electron chi connectivity index (χ3n) is 2.38. The Morgan fingerprint density at radius 1 is 1.00 bits per heavy atom. The van der Waals surface area contributed by atoms with E-state index >= 15 is 0 Å². The highest BCUT2D eigenvalue weighted by Crippen LogP contribution is 1.92. The Balaban J connectivity index is 3.86. The van der Waals surface area contributed by atoms with Crippen molar-refractivity contribution in [1.29, 1.82) is 0 Å². The van der Waals surface area contributed by atoms with Crippen LogP contribution in [0.15, 0.2) is 0 Å². The SMILES string of the molecule is CCN(CC)C(=O)CCNC(=O)C(=O)NCCN. The van der Waals surface area contributed by atoms with E-state index in [1.807, 2.05) is 13.8 Å². The van der Waals surface area contributed by atoms with Crippen molar-refractivity contribution < 1.29 is 14.4 Å². The molecule has 0 spiro atoms. The summed E-state index contributed by atoms with van der Waals surface area (Å²) < 4.78 is 0. The molecule has 0 aromatic rings. The average molecular weight is 258 g/mol. The maximum atomic E-state index is 11.6. The number of nitrogens with two attached hydrogens (primary N) is 1. The lowest BCUT2D eigenvalue weighted by molar-refractivity contribution is -0.139. The number of nitrogens with zero attached hydrogens (tertiary/aromatic N) is 1. The molecule has 0 bridgehead atoms. The van der Waals surface area contributed by atoms with Gasteiger partial charge in [-0.15, -0.1) is 0 Å². The quantitative estimate of drug-likeness (QED) is 0.480. The van der Waals surface area contributed by atoms with Crippen LogP contribution in [0.25, 0.3) is 0 Å². The lowest BCUT2D eigenvalue weighted by atomic mass is 10.3. The largest absolute Gasteiger partial charge is 0.347 e. The number of rotatable bonds is 7. The summed E-state index contributed by atoms with van der Waals surface area (Å²) in [6.45, 7) is 5.75. The van der Waals surface area contributed by atoms with Crippen molar-refractivity contribution in [3.63, 3.8) is 0 Å². The molecule has 0 heterocycles. The van der Waals surface area contributed by atoms with Gasteiger partial charge in [-0.3, -0.25) is 14.4 Å². The molecule has 0 aromatic heterocycles. The minimum atomic E-state index is -0.740. The van der Waals surface area contributed by atoms with Crippen molar-refractivity contribution in [3.8, 4) is 0 Å². The lowest BCUT2D eigenvalue weighted by Crippen LogP contribution is -2.43. The van der Waals surface area contributed by atoms with Gasteiger partial charge >= 0.3 is 11.8 Å². The van der Waals surface area contributed by atoms with Crippen LogP contribution < -0.4 is 16.4 Å². The third kappa shape index (κ3) is 6.19. The third-order valence-corrected chi connectivity index (χ3v) is 2.38. The second-order valence-corrected chi connectivity index (χ2v) is 3.62. The monoisotopic (exact) mass is 258 g/mol. The summed E-state index contributed by atoms with van der Waals surface area (Å²) in [5, 5.41) is 4.73. The first-order chi connectivity index (χ1) is 8.56. The zero-order valence-corrected chi connectivity index (χ0v) is 11.0. The highest BCUT2D eigenvalue weighted by molar-refractivity contribution is 6.35. The Labute approximate surface area is 107 Å². The molecule has 0 aliphatic heterocycles. The molecular weight excluding hydrogens is 236 g/mol. The Morgan fingerprint density at radius 2 is 1.50 bits per heavy atom. The second kappa shape index (κ2) is 9.41. The molecule has 0 atom stereocenters. The molecule has 0 saturated heterocycles. The molecule has 3 amide bonds. The molecular formula is C11H22N4O3. The van der Waals surface area contributed by atoms with Gasteiger partial charge in [0.15, 0.2) is 0 Å². The van der Waals surface area contributed by atoms with Gasteiger partial charge < -0.3 is 21.3 Å². The van der Waals surface area contributed by atoms with Gasteiger partial charge in [-0.1, -0.05) is 0 Å². The van der Waals surface area contributed by atoms with Gasteiger partial charge in [0.2, 0.25) is 5.91 Å². The Morgan fingerprint density at radius 3 is 1.94 bits per heavy atom. The van der Waals surface area contributed by atoms with E-state index in [0.717, 1.165) is 0 Å². The number of carbonyl (C=O) groups excluding carboxylic acids is 3. The molecule has 104 valence electrons. The van der Waals surface area contributed by atoms with Crippen LogP contribution in [0.3, 0.4) is 0 Å². The van der Waals surface area contributed by atoms with Crippen LogP contribution >= 0.6 is 0 Å². The molecule has 7 heteroatoms. The first-order valence-electron chi connectivity index (χ1n) is 6.10. The lowest BCUT2D eigenvalue weighted by Gasteiger charge is -2.18. The van der Waals surface area contributed by atoms with Crippen LogP contribution in [0.5, 0.6) is 0 Å². The molecule has 0 aromatic carbocycles. The summed E-state index contributed by atoms with van der Waals surface area (Å²) in [6.07, 6.45) is 0.192. The number of hydrogen-bond acceptors (Lipinski definition) is 4. The summed E-state index contributed by atoms with van der Waals surface area (Å²) in [4.78, 5) is 35.7. The summed E-state index contributed by atoms with van der Waals surface area (Å²) in [6, 6.07) is 0. The van der Waals surface area contributed by atoms with E-state index in [9.17, 15) is 14.4 Å². The minimum Gasteiger partial charge on any atom is -0.347 e. The first kappa shape index (κ1) is 16.4. The van der Waals surface area contributed by atoms with E-state index in [2.05, 4.69) is 10.6 Å². The Hall–Kier alpha value is -1.63. The van der Waals surface area contributed by atoms with Gasteiger partial charge in [-0.25, -0.2) is 0 Å². The fraction of sp³-hybridized carbons (Fsp3) is 0.727. The zero-order chi connectivity index (χ0) is 14.0. The fourth-order valence-electron chi connectivity index (χ4n) is 1.36. The molecule has 0 unspecified atom stereocenters. The van der Waals surface area contributed by atoms with Crippen molar-refractivity contribution >= 4 is 17.7 Å². The second-order valence-electron chi connectivity index (χ2n) is 3.62. The Kier molecular flexibility index (Phi) is 8.55. The van der Waals surface area contributed by atoms with E-state index in [-0.39, 0.29) is 32.0 Å². The van der Waals surface area contributed by atoms with Crippen LogP contribution in [0, 0.1) is 0 Å². The normalized spacial score (nSPS) is 9.72. The molecule has 0 aliphatic carbocycles. The maximum absolute atomic E-state index is 11.6. The van der Waals surface area contributed by atoms with Crippen LogP contribution in [0.2, 0.25) is 0 Å². The predicted molar refractivity (Wildman–Crippen MR) is 67.6 cm³/mol. The van der Waals surface area contributed by atoms with Gasteiger partial charge in [0.05, 0.1) is 0 Å². The van der Waals surface area contributed by atoms with Crippen molar-refractivity contribution in [1.82, 2.24) is 15.5 Å². The fourth-order valence-corrected chi connectivity index (χ4v) is 1.36. The zero-order valence-electron chi connectivity index (χ0n) is 11.0. The van der Waals surface area contributed by atoms with Crippen LogP contribution in [-0.4, -0.2) is 55.3 Å². The highest BCUT2D eigenvalue weighted by Gasteiger charge is 2.13. The van der Waals surface area contributed by atoms with Crippen molar-refractivity contribution in [2.45, 2.75) is 20.3 Å². The molecule has 7 nitrogen and oxygen atoms in total. The molecule has 0 saturated carbocycles. The summed E-state index contributed by atoms with van der Waals surface area (Å²) in [5.41, 5.74) is 5.18. The summed E-state index contributed by atoms with van der Waals surface area (Å²) in [7, 11) is 0. The maximum Gasteiger partial charge on any atom is 0.309 e. The number of amides is 3. The van der Waals surface area contributed by atoms with Crippen molar-refractivity contribution in [2.24, 2.45) is 5.73 Å². The van der Waals surface area contributed by atoms with Gasteiger partial charge in [-0.05, 0) is 13.8 Å². The summed E-state index contributed by atoms with van der Waals surface area (Å²) in [5.74, 6) is -1.51. The predicted octanol–water partition coefficient (Wildman–Crippen LogP) is -1.56. The van der Waals surface area contributed by atoms with Gasteiger partial charge in [0.1, 0.15) is 0 Å². The van der Waals surface area contributed by atoms with Crippen LogP contribution in [0.1, 0.15) is 20.3 Å². The van der Waals surface area contributed by atoms with E-state index in [0.29, 0.717) is 13.1 Å². The van der Waals surface area contributed by atoms with Crippen LogP contribution in [-0.2, 0) is 14.4 Å². The standard InChI is InChI=1S/C11H22N4O3/c1-3-15(4-2)9(16)5-7-13-10(17)11(18)14-8-6-12/h3-8,12H2,1-2H3,(H,13,17)(H,14,18). The average Bonchev–Trinajstić information content (AvgIpc) is 2.37. The molecule has 0 rings (SSSR count). The van der Waals surface area contributed by atoms with Gasteiger partial charge in [0.25, 0.3) is 0 Å². The van der Waals surface area contributed by atoms with Gasteiger partial charge in [0, 0.05) is 39.1 Å². The minimum absolute atomic E-state index is 0.0392. The smallest absolute Gasteiger partial charge is 0.309 e. The van der Waals surface area contributed by atoms with E-state index in [1.165, 1.54) is 0 Å². The van der Waals surface area contributed by atoms with E-state index in [1.54, 1.807) is 4.90 Å². The topological polar surface area (TPSA) is 105 Å². The number of hydrogen-bond donors (Lipinski definition) is 3. The molecule has 0 aliphatic rings. The summed E-state index contributed by atoms with van der Waals surface area (Å²) >= 11 is 0. The van der Waals surface area contributed by atoms with E-state index < -0.39 is 11.8 Å². The number of carbonyl (C=O) groups is 3. The van der Waals surface area contributed by atoms with Gasteiger partial charge in [-0.2, -0.15) is 0 Å². The van der Waals surface area contributed by atoms with E-state index in [4.69, 9.17) is 5.73 Å². The van der Waals surface area contributed by atoms with Crippen molar-refractivity contribution in [3.05, 3.63) is 0 Å². The molecule has 0 fully saturated rings. The molecule has 18 heavy (non-hydrogen) atoms. The van der Waals surface area contributed by atoms with Crippen molar-refractivity contribution in [2.75, 3.05) is 32.7 Å². The van der Waals surface area contributed by atoms with Crippen LogP contribution in [0.4, 0.5) is 0 Å². The number of nitrogens with one attached hydrogen (secondary N) is 2. The molecule has 4 N–H and O–H groups in total. The Bertz CT molecular complexity index is 290. The molecule has 0 radical (unpaired) electrons.